The first kappa shape index (κ1) is 21.8. The Hall–Kier alpha value is -3.98. The van der Waals surface area contributed by atoms with E-state index in [-0.39, 0.29) is 17.9 Å². The minimum absolute atomic E-state index is 0.0258. The van der Waals surface area contributed by atoms with E-state index in [0.29, 0.717) is 60.5 Å². The van der Waals surface area contributed by atoms with Crippen molar-refractivity contribution in [3.05, 3.63) is 70.8 Å². The molecule has 9 heteroatoms. The van der Waals surface area contributed by atoms with E-state index in [9.17, 15) is 9.59 Å². The first-order chi connectivity index (χ1) is 16.5. The Labute approximate surface area is 197 Å². The molecule has 2 aromatic heterocycles. The normalized spacial score (nSPS) is 17.4. The van der Waals surface area contributed by atoms with E-state index in [1.807, 2.05) is 50.2 Å². The van der Waals surface area contributed by atoms with Gasteiger partial charge in [0.25, 0.3) is 11.8 Å². The van der Waals surface area contributed by atoms with Crippen LogP contribution < -0.4 is 10.6 Å². The van der Waals surface area contributed by atoms with Crippen LogP contribution in [0.3, 0.4) is 0 Å². The monoisotopic (exact) mass is 458 g/mol. The predicted molar refractivity (Wildman–Crippen MR) is 129 cm³/mol. The summed E-state index contributed by atoms with van der Waals surface area (Å²) < 4.78 is 5.34. The number of fused-ring (bicyclic) bond motifs is 1. The average molecular weight is 459 g/mol. The van der Waals surface area contributed by atoms with Gasteiger partial charge in [-0.15, -0.1) is 0 Å². The summed E-state index contributed by atoms with van der Waals surface area (Å²) in [6, 6.07) is 11.8. The number of ether oxygens (including phenoxy) is 1. The Morgan fingerprint density at radius 3 is 2.74 bits per heavy atom. The number of benzene rings is 1. The van der Waals surface area contributed by atoms with Crippen molar-refractivity contribution < 1.29 is 14.3 Å². The van der Waals surface area contributed by atoms with Crippen molar-refractivity contribution in [3.63, 3.8) is 0 Å². The van der Waals surface area contributed by atoms with Gasteiger partial charge in [-0.1, -0.05) is 30.3 Å². The van der Waals surface area contributed by atoms with Crippen molar-refractivity contribution in [1.29, 1.82) is 0 Å². The molecule has 4 heterocycles. The number of rotatable bonds is 5. The van der Waals surface area contributed by atoms with E-state index < -0.39 is 0 Å². The van der Waals surface area contributed by atoms with E-state index in [4.69, 9.17) is 4.74 Å². The second kappa shape index (κ2) is 9.11. The zero-order chi connectivity index (χ0) is 23.7. The second-order valence-corrected chi connectivity index (χ2v) is 8.42. The maximum absolute atomic E-state index is 12.9. The fourth-order valence-electron chi connectivity index (χ4n) is 4.22. The molecule has 0 bridgehead atoms. The molecule has 2 aliphatic heterocycles. The Bertz CT molecular complexity index is 1260. The largest absolute Gasteiger partial charge is 0.378 e. The van der Waals surface area contributed by atoms with E-state index in [1.54, 1.807) is 11.0 Å². The van der Waals surface area contributed by atoms with Gasteiger partial charge in [0, 0.05) is 24.8 Å². The lowest BCUT2D eigenvalue weighted by Crippen LogP contribution is -2.40. The van der Waals surface area contributed by atoms with Crippen molar-refractivity contribution in [1.82, 2.24) is 19.9 Å². The maximum Gasteiger partial charge on any atom is 0.270 e. The van der Waals surface area contributed by atoms with Crippen molar-refractivity contribution in [2.24, 2.45) is 0 Å². The van der Waals surface area contributed by atoms with Gasteiger partial charge in [0.2, 0.25) is 0 Å². The van der Waals surface area contributed by atoms with Gasteiger partial charge in [0.15, 0.2) is 0 Å². The highest BCUT2D eigenvalue weighted by molar-refractivity contribution is 6.35. The first-order valence-corrected chi connectivity index (χ1v) is 11.3. The standard InChI is InChI=1S/C25H26N6O3/c1-15-12-20(25(33)31-8-10-34-11-9-31)29-19(15)13-18-21-22(26-14-27-23(21)30-24(18)32)28-16(2)17-6-4-3-5-7-17/h3-7,12-14,16,29H,8-11H2,1-2H3,(H2,26,27,28,30,32)/b18-13-. The minimum atomic E-state index is -0.263. The highest BCUT2D eigenvalue weighted by atomic mass is 16.5. The number of nitrogens with one attached hydrogen (secondary N) is 3. The molecule has 3 aromatic rings. The lowest BCUT2D eigenvalue weighted by atomic mass is 10.1. The fraction of sp³-hybridized carbons (Fsp3) is 0.280. The van der Waals surface area contributed by atoms with Crippen LogP contribution in [0.5, 0.6) is 0 Å². The van der Waals surface area contributed by atoms with E-state index in [0.717, 1.165) is 11.1 Å². The molecule has 34 heavy (non-hydrogen) atoms. The summed E-state index contributed by atoms with van der Waals surface area (Å²) in [5.74, 6) is 0.693. The zero-order valence-electron chi connectivity index (χ0n) is 19.1. The lowest BCUT2D eigenvalue weighted by Gasteiger charge is -2.26. The van der Waals surface area contributed by atoms with Crippen LogP contribution >= 0.6 is 0 Å². The molecule has 3 N–H and O–H groups in total. The molecule has 1 atom stereocenters. The number of carbonyl (C=O) groups excluding carboxylic acids is 2. The molecule has 1 unspecified atom stereocenters. The summed E-state index contributed by atoms with van der Waals surface area (Å²) in [4.78, 5) is 39.4. The van der Waals surface area contributed by atoms with Crippen LogP contribution in [-0.4, -0.2) is 58.0 Å². The van der Waals surface area contributed by atoms with Crippen molar-refractivity contribution in [2.75, 3.05) is 36.9 Å². The molecule has 5 rings (SSSR count). The summed E-state index contributed by atoms with van der Waals surface area (Å²) in [6.45, 7) is 6.15. The van der Waals surface area contributed by atoms with Crippen LogP contribution in [0.2, 0.25) is 0 Å². The highest BCUT2D eigenvalue weighted by Crippen LogP contribution is 2.37. The van der Waals surface area contributed by atoms with Gasteiger partial charge in [-0.2, -0.15) is 0 Å². The number of nitrogens with zero attached hydrogens (tertiary/aromatic N) is 3. The maximum atomic E-state index is 12.9. The Morgan fingerprint density at radius 1 is 1.21 bits per heavy atom. The molecular formula is C25H26N6O3. The van der Waals surface area contributed by atoms with Crippen LogP contribution in [0.15, 0.2) is 42.7 Å². The summed E-state index contributed by atoms with van der Waals surface area (Å²) in [6.07, 6.45) is 3.19. The molecule has 0 saturated carbocycles. The smallest absolute Gasteiger partial charge is 0.270 e. The molecule has 174 valence electrons. The highest BCUT2D eigenvalue weighted by Gasteiger charge is 2.30. The second-order valence-electron chi connectivity index (χ2n) is 8.42. The topological polar surface area (TPSA) is 112 Å². The summed E-state index contributed by atoms with van der Waals surface area (Å²) in [5.41, 5.74) is 4.21. The Balaban J connectivity index is 1.46. The van der Waals surface area contributed by atoms with Crippen LogP contribution in [0, 0.1) is 6.92 Å². The third kappa shape index (κ3) is 4.17. The molecule has 1 aromatic carbocycles. The van der Waals surface area contributed by atoms with Crippen molar-refractivity contribution in [2.45, 2.75) is 19.9 Å². The summed E-state index contributed by atoms with van der Waals surface area (Å²) in [7, 11) is 0. The van der Waals surface area contributed by atoms with Crippen LogP contribution in [0.1, 0.15) is 45.8 Å². The number of hydrogen-bond donors (Lipinski definition) is 3. The molecule has 0 aliphatic carbocycles. The molecule has 1 saturated heterocycles. The van der Waals surface area contributed by atoms with Crippen LogP contribution in [0.4, 0.5) is 11.6 Å². The SMILES string of the molecule is Cc1cc(C(=O)N2CCOCC2)[nH]c1/C=C1\C(=O)Nc2ncnc(NC(C)c3ccccc3)c21. The molecular weight excluding hydrogens is 432 g/mol. The minimum Gasteiger partial charge on any atom is -0.378 e. The zero-order valence-corrected chi connectivity index (χ0v) is 19.1. The number of amides is 2. The number of anilines is 2. The van der Waals surface area contributed by atoms with Crippen molar-refractivity contribution >= 4 is 35.1 Å². The molecule has 2 amide bonds. The fourth-order valence-corrected chi connectivity index (χ4v) is 4.22. The van der Waals surface area contributed by atoms with Crippen LogP contribution in [0.25, 0.3) is 11.6 Å². The van der Waals surface area contributed by atoms with E-state index >= 15 is 0 Å². The van der Waals surface area contributed by atoms with Gasteiger partial charge >= 0.3 is 0 Å². The van der Waals surface area contributed by atoms with Gasteiger partial charge in [-0.3, -0.25) is 9.59 Å². The molecule has 9 nitrogen and oxygen atoms in total. The molecule has 0 spiro atoms. The number of aromatic nitrogens is 3. The van der Waals surface area contributed by atoms with E-state index in [1.165, 1.54) is 6.33 Å². The molecule has 0 radical (unpaired) electrons. The Morgan fingerprint density at radius 2 is 1.97 bits per heavy atom. The number of morpholine rings is 1. The lowest BCUT2D eigenvalue weighted by molar-refractivity contribution is -0.110. The quantitative estimate of drug-likeness (QED) is 0.506. The van der Waals surface area contributed by atoms with Gasteiger partial charge in [0.05, 0.1) is 24.4 Å². The number of hydrogen-bond acceptors (Lipinski definition) is 6. The van der Waals surface area contributed by atoms with Gasteiger partial charge in [-0.05, 0) is 37.1 Å². The van der Waals surface area contributed by atoms with Crippen molar-refractivity contribution in [3.8, 4) is 0 Å². The first-order valence-electron chi connectivity index (χ1n) is 11.3. The number of aromatic amines is 1. The molecule has 1 fully saturated rings. The van der Waals surface area contributed by atoms with Crippen LogP contribution in [-0.2, 0) is 9.53 Å². The number of H-pyrrole nitrogens is 1. The number of aryl methyl sites for hydroxylation is 1. The summed E-state index contributed by atoms with van der Waals surface area (Å²) in [5, 5.41) is 6.23. The predicted octanol–water partition coefficient (Wildman–Crippen LogP) is 3.25. The summed E-state index contributed by atoms with van der Waals surface area (Å²) >= 11 is 0. The Kier molecular flexibility index (Phi) is 5.85. The van der Waals surface area contributed by atoms with E-state index in [2.05, 4.69) is 25.6 Å². The third-order valence-electron chi connectivity index (χ3n) is 6.12. The number of carbonyl (C=O) groups is 2. The third-order valence-corrected chi connectivity index (χ3v) is 6.12. The van der Waals surface area contributed by atoms with Gasteiger partial charge in [-0.25, -0.2) is 9.97 Å². The van der Waals surface area contributed by atoms with Gasteiger partial charge in [0.1, 0.15) is 23.7 Å². The molecule has 2 aliphatic rings. The van der Waals surface area contributed by atoms with Gasteiger partial charge < -0.3 is 25.3 Å². The average Bonchev–Trinajstić information content (AvgIpc) is 3.39.